The van der Waals surface area contributed by atoms with Crippen molar-refractivity contribution in [3.8, 4) is 5.75 Å². The number of nitrogens with zero attached hydrogens (tertiary/aromatic N) is 2. The zero-order valence-electron chi connectivity index (χ0n) is 11.5. The molecule has 0 fully saturated rings. The van der Waals surface area contributed by atoms with Crippen molar-refractivity contribution in [3.05, 3.63) is 59.5 Å². The summed E-state index contributed by atoms with van der Waals surface area (Å²) >= 11 is 3.35. The van der Waals surface area contributed by atoms with Gasteiger partial charge in [0.15, 0.2) is 0 Å². The Morgan fingerprint density at radius 3 is 2.86 bits per heavy atom. The second-order valence-electron chi connectivity index (χ2n) is 4.76. The summed E-state index contributed by atoms with van der Waals surface area (Å²) in [5.41, 5.74) is 2.73. The van der Waals surface area contributed by atoms with Gasteiger partial charge in [-0.25, -0.2) is 4.39 Å². The van der Waals surface area contributed by atoms with E-state index >= 15 is 0 Å². The van der Waals surface area contributed by atoms with Crippen molar-refractivity contribution >= 4 is 26.8 Å². The van der Waals surface area contributed by atoms with Gasteiger partial charge in [0.25, 0.3) is 0 Å². The van der Waals surface area contributed by atoms with Gasteiger partial charge in [-0.15, -0.1) is 0 Å². The van der Waals surface area contributed by atoms with E-state index in [2.05, 4.69) is 21.0 Å². The number of benzene rings is 2. The Balaban J connectivity index is 1.87. The first-order chi connectivity index (χ1) is 10.2. The van der Waals surface area contributed by atoms with Crippen LogP contribution in [-0.2, 0) is 19.0 Å². The minimum Gasteiger partial charge on any atom is -0.487 e. The number of hydrogen-bond donors (Lipinski definition) is 0. The Morgan fingerprint density at radius 2 is 2.05 bits per heavy atom. The molecule has 0 saturated heterocycles. The first kappa shape index (κ1) is 14.1. The van der Waals surface area contributed by atoms with Crippen LogP contribution in [0.1, 0.15) is 11.3 Å². The number of alkyl halides is 1. The van der Waals surface area contributed by atoms with Crippen LogP contribution in [0, 0.1) is 5.82 Å². The highest BCUT2D eigenvalue weighted by Gasteiger charge is 2.10. The average molecular weight is 349 g/mol. The molecule has 108 valence electrons. The standard InChI is InChI=1S/C16H14BrFN2O/c1-20-15-5-3-2-4-13(15)14(19-20)10-21-16-7-6-12(18)8-11(16)9-17/h2-8H,9-10H2,1H3. The molecule has 0 bridgehead atoms. The lowest BCUT2D eigenvalue weighted by molar-refractivity contribution is 0.298. The highest BCUT2D eigenvalue weighted by atomic mass is 79.9. The van der Waals surface area contributed by atoms with Crippen LogP contribution in [0.2, 0.25) is 0 Å². The predicted molar refractivity (Wildman–Crippen MR) is 84.1 cm³/mol. The van der Waals surface area contributed by atoms with Crippen LogP contribution < -0.4 is 4.74 Å². The van der Waals surface area contributed by atoms with Crippen LogP contribution in [0.25, 0.3) is 10.9 Å². The largest absolute Gasteiger partial charge is 0.487 e. The molecule has 0 aliphatic rings. The van der Waals surface area contributed by atoms with Gasteiger partial charge < -0.3 is 4.74 Å². The minimum absolute atomic E-state index is 0.264. The Bertz CT molecular complexity index is 785. The van der Waals surface area contributed by atoms with Gasteiger partial charge in [-0.1, -0.05) is 34.1 Å². The molecule has 21 heavy (non-hydrogen) atoms. The van der Waals surface area contributed by atoms with Crippen molar-refractivity contribution in [2.24, 2.45) is 7.05 Å². The smallest absolute Gasteiger partial charge is 0.133 e. The van der Waals surface area contributed by atoms with Crippen molar-refractivity contribution < 1.29 is 9.13 Å². The van der Waals surface area contributed by atoms with Crippen molar-refractivity contribution in [3.63, 3.8) is 0 Å². The summed E-state index contributed by atoms with van der Waals surface area (Å²) in [6, 6.07) is 12.5. The number of aryl methyl sites for hydroxylation is 1. The van der Waals surface area contributed by atoms with Gasteiger partial charge >= 0.3 is 0 Å². The molecule has 0 saturated carbocycles. The zero-order valence-corrected chi connectivity index (χ0v) is 13.1. The van der Waals surface area contributed by atoms with E-state index in [1.807, 2.05) is 36.0 Å². The van der Waals surface area contributed by atoms with Gasteiger partial charge in [0, 0.05) is 23.3 Å². The van der Waals surface area contributed by atoms with E-state index in [1.165, 1.54) is 12.1 Å². The third kappa shape index (κ3) is 2.78. The zero-order chi connectivity index (χ0) is 14.8. The third-order valence-corrected chi connectivity index (χ3v) is 3.97. The molecule has 1 aromatic heterocycles. The lowest BCUT2D eigenvalue weighted by Crippen LogP contribution is -2.00. The molecule has 0 atom stereocenters. The summed E-state index contributed by atoms with van der Waals surface area (Å²) in [6.07, 6.45) is 0. The molecule has 0 spiro atoms. The predicted octanol–water partition coefficient (Wildman–Crippen LogP) is 4.19. The first-order valence-corrected chi connectivity index (χ1v) is 7.69. The van der Waals surface area contributed by atoms with Crippen LogP contribution >= 0.6 is 15.9 Å². The van der Waals surface area contributed by atoms with E-state index in [4.69, 9.17) is 4.74 Å². The van der Waals surface area contributed by atoms with E-state index in [9.17, 15) is 4.39 Å². The molecule has 0 unspecified atom stereocenters. The third-order valence-electron chi connectivity index (χ3n) is 3.37. The summed E-state index contributed by atoms with van der Waals surface area (Å²) in [7, 11) is 1.91. The van der Waals surface area contributed by atoms with Crippen LogP contribution in [0.4, 0.5) is 4.39 Å². The van der Waals surface area contributed by atoms with Crippen LogP contribution in [0.3, 0.4) is 0 Å². The number of hydrogen-bond acceptors (Lipinski definition) is 2. The lowest BCUT2D eigenvalue weighted by Gasteiger charge is -2.09. The number of aromatic nitrogens is 2. The van der Waals surface area contributed by atoms with Gasteiger partial charge in [-0.3, -0.25) is 4.68 Å². The molecule has 0 radical (unpaired) electrons. The molecule has 3 aromatic rings. The van der Waals surface area contributed by atoms with Crippen molar-refractivity contribution in [1.82, 2.24) is 9.78 Å². The van der Waals surface area contributed by atoms with E-state index < -0.39 is 0 Å². The first-order valence-electron chi connectivity index (χ1n) is 6.57. The maximum absolute atomic E-state index is 13.2. The lowest BCUT2D eigenvalue weighted by atomic mass is 10.2. The van der Waals surface area contributed by atoms with E-state index in [-0.39, 0.29) is 5.82 Å². The average Bonchev–Trinajstić information content (AvgIpc) is 2.83. The molecule has 0 amide bonds. The second-order valence-corrected chi connectivity index (χ2v) is 5.32. The maximum Gasteiger partial charge on any atom is 0.133 e. The van der Waals surface area contributed by atoms with Gasteiger partial charge in [-0.2, -0.15) is 5.10 Å². The molecule has 0 aliphatic carbocycles. The highest BCUT2D eigenvalue weighted by molar-refractivity contribution is 9.08. The van der Waals surface area contributed by atoms with E-state index in [0.29, 0.717) is 17.7 Å². The number of para-hydroxylation sites is 1. The Labute approximate surface area is 130 Å². The summed E-state index contributed by atoms with van der Waals surface area (Å²) < 4.78 is 20.9. The molecule has 2 aromatic carbocycles. The fourth-order valence-corrected chi connectivity index (χ4v) is 2.77. The van der Waals surface area contributed by atoms with E-state index in [0.717, 1.165) is 22.2 Å². The SMILES string of the molecule is Cn1nc(COc2ccc(F)cc2CBr)c2ccccc21. The molecule has 3 nitrogen and oxygen atoms in total. The summed E-state index contributed by atoms with van der Waals surface area (Å²) in [5.74, 6) is 0.406. The fraction of sp³-hybridized carbons (Fsp3) is 0.188. The Morgan fingerprint density at radius 1 is 1.24 bits per heavy atom. The molecule has 5 heteroatoms. The number of fused-ring (bicyclic) bond motifs is 1. The number of ether oxygens (including phenoxy) is 1. The molecule has 1 heterocycles. The van der Waals surface area contributed by atoms with Gasteiger partial charge in [0.05, 0.1) is 5.52 Å². The second kappa shape index (κ2) is 5.85. The van der Waals surface area contributed by atoms with Crippen molar-refractivity contribution in [2.75, 3.05) is 0 Å². The highest BCUT2D eigenvalue weighted by Crippen LogP contribution is 2.24. The Hall–Kier alpha value is -1.88. The van der Waals surface area contributed by atoms with Crippen molar-refractivity contribution in [2.45, 2.75) is 11.9 Å². The van der Waals surface area contributed by atoms with Gasteiger partial charge in [0.2, 0.25) is 0 Å². The summed E-state index contributed by atoms with van der Waals surface area (Å²) in [5, 5.41) is 6.10. The number of rotatable bonds is 4. The Kier molecular flexibility index (Phi) is 3.92. The van der Waals surface area contributed by atoms with Crippen LogP contribution in [0.5, 0.6) is 5.75 Å². The monoisotopic (exact) mass is 348 g/mol. The fourth-order valence-electron chi connectivity index (χ4n) is 2.33. The molecule has 3 rings (SSSR count). The van der Waals surface area contributed by atoms with Crippen molar-refractivity contribution in [1.29, 1.82) is 0 Å². The van der Waals surface area contributed by atoms with Gasteiger partial charge in [-0.05, 0) is 24.3 Å². The summed E-state index contributed by atoms with van der Waals surface area (Å²) in [4.78, 5) is 0. The summed E-state index contributed by atoms with van der Waals surface area (Å²) in [6.45, 7) is 0.354. The minimum atomic E-state index is -0.264. The normalized spacial score (nSPS) is 11.0. The molecular formula is C16H14BrFN2O. The quantitative estimate of drug-likeness (QED) is 0.661. The topological polar surface area (TPSA) is 27.1 Å². The molecular weight excluding hydrogens is 335 g/mol. The van der Waals surface area contributed by atoms with Gasteiger partial charge in [0.1, 0.15) is 23.9 Å². The molecule has 0 aliphatic heterocycles. The maximum atomic E-state index is 13.2. The molecule has 0 N–H and O–H groups in total. The number of halogens is 2. The van der Waals surface area contributed by atoms with Crippen LogP contribution in [-0.4, -0.2) is 9.78 Å². The van der Waals surface area contributed by atoms with E-state index in [1.54, 1.807) is 6.07 Å². The van der Waals surface area contributed by atoms with Crippen LogP contribution in [0.15, 0.2) is 42.5 Å².